The highest BCUT2D eigenvalue weighted by atomic mass is 15.1. The van der Waals surface area contributed by atoms with Gasteiger partial charge in [-0.2, -0.15) is 4.99 Å². The first kappa shape index (κ1) is 16.5. The van der Waals surface area contributed by atoms with Crippen molar-refractivity contribution in [3.05, 3.63) is 72.4 Å². The van der Waals surface area contributed by atoms with Crippen molar-refractivity contribution in [2.45, 2.75) is 13.3 Å². The Morgan fingerprint density at radius 3 is 2.40 bits per heavy atom. The molecule has 0 radical (unpaired) electrons. The number of hydrogen-bond donors (Lipinski definition) is 3. The van der Waals surface area contributed by atoms with Crippen molar-refractivity contribution < 1.29 is 0 Å². The molecule has 1 heterocycles. The molecule has 0 aliphatic carbocycles. The topological polar surface area (TPSA) is 89.3 Å². The van der Waals surface area contributed by atoms with Crippen LogP contribution in [-0.2, 0) is 6.42 Å². The van der Waals surface area contributed by atoms with Crippen LogP contribution in [0.3, 0.4) is 0 Å². The van der Waals surface area contributed by atoms with Gasteiger partial charge in [0.15, 0.2) is 11.8 Å². The van der Waals surface area contributed by atoms with Gasteiger partial charge < -0.3 is 16.8 Å². The van der Waals surface area contributed by atoms with E-state index < -0.39 is 0 Å². The molecule has 5 heteroatoms. The van der Waals surface area contributed by atoms with Crippen LogP contribution < -0.4 is 16.8 Å². The highest BCUT2D eigenvalue weighted by Gasteiger charge is 2.02. The monoisotopic (exact) mass is 331 g/mol. The number of benzene rings is 2. The average molecular weight is 331 g/mol. The maximum absolute atomic E-state index is 6.01. The number of aryl methyl sites for hydroxylation is 1. The number of aromatic nitrogens is 1. The van der Waals surface area contributed by atoms with Crippen molar-refractivity contribution in [1.29, 1.82) is 0 Å². The number of guanidine groups is 1. The lowest BCUT2D eigenvalue weighted by Gasteiger charge is -2.09. The molecule has 2 aromatic carbocycles. The largest absolute Gasteiger partial charge is 0.399 e. The van der Waals surface area contributed by atoms with E-state index in [0.717, 1.165) is 28.9 Å². The number of hydrogen-bond acceptors (Lipinski definition) is 3. The second-order valence-corrected chi connectivity index (χ2v) is 5.66. The molecule has 1 aromatic heterocycles. The lowest BCUT2D eigenvalue weighted by Crippen LogP contribution is -2.22. The Hall–Kier alpha value is -3.34. The second-order valence-electron chi connectivity index (χ2n) is 5.66. The first-order valence-electron chi connectivity index (χ1n) is 8.17. The van der Waals surface area contributed by atoms with Crippen molar-refractivity contribution in [2.24, 2.45) is 10.7 Å². The fourth-order valence-corrected chi connectivity index (χ4v) is 2.54. The highest BCUT2D eigenvalue weighted by Crippen LogP contribution is 2.22. The highest BCUT2D eigenvalue weighted by molar-refractivity contribution is 5.94. The maximum atomic E-state index is 6.01. The Balaban J connectivity index is 1.75. The average Bonchev–Trinajstić information content (AvgIpc) is 2.63. The van der Waals surface area contributed by atoms with Gasteiger partial charge in [0.1, 0.15) is 0 Å². The van der Waals surface area contributed by atoms with E-state index >= 15 is 0 Å². The summed E-state index contributed by atoms with van der Waals surface area (Å²) >= 11 is 0. The second kappa shape index (κ2) is 7.49. The molecule has 126 valence electrons. The van der Waals surface area contributed by atoms with Crippen LogP contribution in [0.2, 0.25) is 0 Å². The summed E-state index contributed by atoms with van der Waals surface area (Å²) in [5.74, 6) is 0.867. The standard InChI is InChI=1S/C20H21N5/c1-2-14-5-3-4-6-18(14)24-20(22)25-19-12-9-16(13-23-19)15-7-10-17(21)11-8-15/h3-13H,2,21H2,1H3,(H3,22,23,24,25). The fraction of sp³-hybridized carbons (Fsp3) is 0.100. The van der Waals surface area contributed by atoms with Gasteiger partial charge >= 0.3 is 0 Å². The van der Waals surface area contributed by atoms with Crippen molar-refractivity contribution in [1.82, 2.24) is 4.98 Å². The molecule has 0 unspecified atom stereocenters. The van der Waals surface area contributed by atoms with Crippen molar-refractivity contribution in [3.63, 3.8) is 0 Å². The minimum Gasteiger partial charge on any atom is -0.399 e. The van der Waals surface area contributed by atoms with Crippen molar-refractivity contribution in [2.75, 3.05) is 11.1 Å². The zero-order valence-electron chi connectivity index (χ0n) is 14.1. The van der Waals surface area contributed by atoms with Gasteiger partial charge in [0.05, 0.1) is 0 Å². The summed E-state index contributed by atoms with van der Waals surface area (Å²) in [6.45, 7) is 2.10. The van der Waals surface area contributed by atoms with Gasteiger partial charge in [0.25, 0.3) is 0 Å². The predicted molar refractivity (Wildman–Crippen MR) is 105 cm³/mol. The minimum atomic E-state index is 0.314. The minimum absolute atomic E-state index is 0.314. The Bertz CT molecular complexity index is 867. The van der Waals surface area contributed by atoms with Crippen LogP contribution in [0.25, 0.3) is 11.1 Å². The molecule has 5 nitrogen and oxygen atoms in total. The molecule has 0 saturated heterocycles. The van der Waals surface area contributed by atoms with E-state index in [2.05, 4.69) is 28.3 Å². The van der Waals surface area contributed by atoms with Gasteiger partial charge in [0, 0.05) is 23.1 Å². The number of anilines is 2. The summed E-state index contributed by atoms with van der Waals surface area (Å²) < 4.78 is 0. The third-order valence-electron chi connectivity index (χ3n) is 3.89. The molecule has 0 amide bonds. The Kier molecular flexibility index (Phi) is 4.95. The molecule has 0 bridgehead atoms. The molecular weight excluding hydrogens is 310 g/mol. The molecular formula is C20H21N5. The number of nitrogens with one attached hydrogen (secondary N) is 1. The summed E-state index contributed by atoms with van der Waals surface area (Å²) in [6, 6.07) is 19.5. The SMILES string of the molecule is CCc1ccccc1NC(N)=Nc1ccc(-c2ccc(N)cc2)cn1. The van der Waals surface area contributed by atoms with Crippen LogP contribution in [0.1, 0.15) is 12.5 Å². The number of pyridine rings is 1. The zero-order valence-corrected chi connectivity index (χ0v) is 14.1. The fourth-order valence-electron chi connectivity index (χ4n) is 2.54. The van der Waals surface area contributed by atoms with Gasteiger partial charge in [-0.05, 0) is 47.9 Å². The van der Waals surface area contributed by atoms with Crippen LogP contribution in [0.4, 0.5) is 17.2 Å². The molecule has 0 spiro atoms. The molecule has 25 heavy (non-hydrogen) atoms. The van der Waals surface area contributed by atoms with Crippen molar-refractivity contribution in [3.8, 4) is 11.1 Å². The molecule has 0 fully saturated rings. The van der Waals surface area contributed by atoms with E-state index in [9.17, 15) is 0 Å². The lowest BCUT2D eigenvalue weighted by atomic mass is 10.1. The molecule has 5 N–H and O–H groups in total. The normalized spacial score (nSPS) is 11.3. The van der Waals surface area contributed by atoms with Gasteiger partial charge in [0.2, 0.25) is 0 Å². The van der Waals surface area contributed by atoms with Crippen LogP contribution in [0.5, 0.6) is 0 Å². The number of rotatable bonds is 4. The molecule has 0 aliphatic heterocycles. The summed E-state index contributed by atoms with van der Waals surface area (Å²) in [7, 11) is 0. The molecule has 0 aliphatic rings. The molecule has 0 atom stereocenters. The zero-order chi connectivity index (χ0) is 17.6. The van der Waals surface area contributed by atoms with E-state index in [1.165, 1.54) is 5.56 Å². The first-order valence-corrected chi connectivity index (χ1v) is 8.17. The first-order chi connectivity index (χ1) is 12.2. The lowest BCUT2D eigenvalue weighted by molar-refractivity contribution is 1.14. The number of nitrogens with zero attached hydrogens (tertiary/aromatic N) is 2. The third-order valence-corrected chi connectivity index (χ3v) is 3.89. The van der Waals surface area contributed by atoms with Crippen LogP contribution in [0, 0.1) is 0 Å². The smallest absolute Gasteiger partial charge is 0.199 e. The van der Waals surface area contributed by atoms with E-state index in [-0.39, 0.29) is 0 Å². The van der Waals surface area contributed by atoms with Crippen LogP contribution in [0.15, 0.2) is 71.9 Å². The van der Waals surface area contributed by atoms with Crippen molar-refractivity contribution >= 4 is 23.2 Å². The van der Waals surface area contributed by atoms with Gasteiger partial charge in [-0.25, -0.2) is 4.98 Å². The number of nitrogen functional groups attached to an aromatic ring is 1. The van der Waals surface area contributed by atoms with E-state index in [0.29, 0.717) is 11.8 Å². The summed E-state index contributed by atoms with van der Waals surface area (Å²) in [4.78, 5) is 8.69. The molecule has 0 saturated carbocycles. The molecule has 3 rings (SSSR count). The summed E-state index contributed by atoms with van der Waals surface area (Å²) in [6.07, 6.45) is 2.70. The van der Waals surface area contributed by atoms with E-state index in [4.69, 9.17) is 11.5 Å². The Labute approximate surface area is 147 Å². The number of aliphatic imine (C=N–C) groups is 1. The summed E-state index contributed by atoms with van der Waals surface area (Å²) in [5, 5.41) is 3.14. The number of nitrogens with two attached hydrogens (primary N) is 2. The van der Waals surface area contributed by atoms with Gasteiger partial charge in [-0.1, -0.05) is 37.3 Å². The quantitative estimate of drug-likeness (QED) is 0.383. The Morgan fingerprint density at radius 2 is 1.72 bits per heavy atom. The van der Waals surface area contributed by atoms with E-state index in [1.54, 1.807) is 6.20 Å². The van der Waals surface area contributed by atoms with Crippen LogP contribution in [-0.4, -0.2) is 10.9 Å². The number of para-hydroxylation sites is 1. The summed E-state index contributed by atoms with van der Waals surface area (Å²) in [5.41, 5.74) is 16.7. The van der Waals surface area contributed by atoms with Gasteiger partial charge in [-0.15, -0.1) is 0 Å². The predicted octanol–water partition coefficient (Wildman–Crippen LogP) is 3.95. The maximum Gasteiger partial charge on any atom is 0.199 e. The third kappa shape index (κ3) is 4.14. The van der Waals surface area contributed by atoms with Gasteiger partial charge in [-0.3, -0.25) is 0 Å². The Morgan fingerprint density at radius 1 is 1.00 bits per heavy atom. The van der Waals surface area contributed by atoms with E-state index in [1.807, 2.05) is 54.6 Å². The van der Waals surface area contributed by atoms with Crippen LogP contribution >= 0.6 is 0 Å². The molecule has 3 aromatic rings.